The molecular formula is C16H14FN3S. The van der Waals surface area contributed by atoms with Crippen molar-refractivity contribution in [1.82, 2.24) is 10.2 Å². The van der Waals surface area contributed by atoms with Crippen LogP contribution in [-0.4, -0.2) is 10.2 Å². The van der Waals surface area contributed by atoms with E-state index < -0.39 is 0 Å². The van der Waals surface area contributed by atoms with Gasteiger partial charge in [-0.1, -0.05) is 41.7 Å². The van der Waals surface area contributed by atoms with Crippen LogP contribution in [0.15, 0.2) is 48.5 Å². The molecule has 0 saturated carbocycles. The largest absolute Gasteiger partial charge is 0.318 e. The van der Waals surface area contributed by atoms with Crippen molar-refractivity contribution < 1.29 is 4.39 Å². The lowest BCUT2D eigenvalue weighted by atomic mass is 10.1. The fraction of sp³-hybridized carbons (Fsp3) is 0.125. The van der Waals surface area contributed by atoms with Crippen LogP contribution in [0.25, 0.3) is 10.6 Å². The summed E-state index contributed by atoms with van der Waals surface area (Å²) in [7, 11) is 0. The van der Waals surface area contributed by atoms with Crippen molar-refractivity contribution in [3.05, 3.63) is 70.5 Å². The molecule has 0 saturated heterocycles. The van der Waals surface area contributed by atoms with E-state index in [9.17, 15) is 4.39 Å². The monoisotopic (exact) mass is 299 g/mol. The molecule has 106 valence electrons. The van der Waals surface area contributed by atoms with Crippen LogP contribution >= 0.6 is 11.3 Å². The average Bonchev–Trinajstić information content (AvgIpc) is 2.97. The van der Waals surface area contributed by atoms with Crippen LogP contribution < -0.4 is 5.73 Å². The van der Waals surface area contributed by atoms with Crippen molar-refractivity contribution in [3.8, 4) is 10.6 Å². The lowest BCUT2D eigenvalue weighted by molar-refractivity contribution is 0.627. The van der Waals surface area contributed by atoms with Gasteiger partial charge in [0.2, 0.25) is 0 Å². The minimum Gasteiger partial charge on any atom is -0.318 e. The van der Waals surface area contributed by atoms with E-state index in [2.05, 4.69) is 10.2 Å². The zero-order valence-corrected chi connectivity index (χ0v) is 12.3. The van der Waals surface area contributed by atoms with Crippen LogP contribution in [0, 0.1) is 12.7 Å². The first-order valence-corrected chi connectivity index (χ1v) is 7.37. The number of aryl methyl sites for hydroxylation is 1. The Morgan fingerprint density at radius 3 is 2.57 bits per heavy atom. The van der Waals surface area contributed by atoms with Crippen molar-refractivity contribution in [2.24, 2.45) is 5.73 Å². The predicted octanol–water partition coefficient (Wildman–Crippen LogP) is 3.70. The Kier molecular flexibility index (Phi) is 3.77. The first kappa shape index (κ1) is 13.9. The molecule has 1 atom stereocenters. The van der Waals surface area contributed by atoms with Crippen LogP contribution in [-0.2, 0) is 0 Å². The third kappa shape index (κ3) is 2.84. The van der Waals surface area contributed by atoms with Gasteiger partial charge in [0.1, 0.15) is 15.8 Å². The molecule has 0 spiro atoms. The topological polar surface area (TPSA) is 51.8 Å². The minimum atomic E-state index is -0.293. The molecule has 0 aliphatic heterocycles. The van der Waals surface area contributed by atoms with E-state index in [1.54, 1.807) is 6.07 Å². The highest BCUT2D eigenvalue weighted by Gasteiger charge is 2.16. The summed E-state index contributed by atoms with van der Waals surface area (Å²) in [5.41, 5.74) is 8.94. The quantitative estimate of drug-likeness (QED) is 0.802. The Hall–Kier alpha value is -2.11. The maximum Gasteiger partial charge on any atom is 0.148 e. The van der Waals surface area contributed by atoms with Gasteiger partial charge in [-0.15, -0.1) is 10.2 Å². The van der Waals surface area contributed by atoms with Gasteiger partial charge in [0.15, 0.2) is 0 Å². The van der Waals surface area contributed by atoms with Crippen molar-refractivity contribution in [2.45, 2.75) is 13.0 Å². The van der Waals surface area contributed by atoms with Gasteiger partial charge in [-0.25, -0.2) is 4.39 Å². The van der Waals surface area contributed by atoms with Crippen molar-refractivity contribution in [3.63, 3.8) is 0 Å². The van der Waals surface area contributed by atoms with E-state index >= 15 is 0 Å². The fourth-order valence-corrected chi connectivity index (χ4v) is 3.10. The second-order valence-corrected chi connectivity index (χ2v) is 5.80. The van der Waals surface area contributed by atoms with Crippen molar-refractivity contribution in [2.75, 3.05) is 0 Å². The number of nitrogens with two attached hydrogens (primary N) is 1. The molecule has 0 bridgehead atoms. The molecule has 2 aromatic carbocycles. The van der Waals surface area contributed by atoms with Gasteiger partial charge < -0.3 is 5.73 Å². The molecule has 0 aliphatic carbocycles. The van der Waals surface area contributed by atoms with Gasteiger partial charge in [0, 0.05) is 5.56 Å². The predicted molar refractivity (Wildman–Crippen MR) is 82.5 cm³/mol. The van der Waals surface area contributed by atoms with E-state index in [1.165, 1.54) is 23.5 Å². The number of hydrogen-bond donors (Lipinski definition) is 1. The van der Waals surface area contributed by atoms with Gasteiger partial charge in [0.05, 0.1) is 6.04 Å². The molecule has 0 amide bonds. The lowest BCUT2D eigenvalue weighted by Gasteiger charge is -2.07. The van der Waals surface area contributed by atoms with E-state index in [4.69, 9.17) is 5.73 Å². The number of hydrogen-bond acceptors (Lipinski definition) is 4. The Balaban J connectivity index is 1.93. The summed E-state index contributed by atoms with van der Waals surface area (Å²) in [6.07, 6.45) is 0. The molecule has 5 heteroatoms. The van der Waals surface area contributed by atoms with Gasteiger partial charge in [-0.3, -0.25) is 0 Å². The van der Waals surface area contributed by atoms with Crippen LogP contribution in [0.2, 0.25) is 0 Å². The van der Waals surface area contributed by atoms with Gasteiger partial charge in [0.25, 0.3) is 0 Å². The van der Waals surface area contributed by atoms with Crippen LogP contribution in [0.3, 0.4) is 0 Å². The second kappa shape index (κ2) is 5.71. The summed E-state index contributed by atoms with van der Waals surface area (Å²) < 4.78 is 13.2. The molecule has 0 fully saturated rings. The van der Waals surface area contributed by atoms with Gasteiger partial charge in [-0.05, 0) is 36.2 Å². The Morgan fingerprint density at radius 2 is 1.86 bits per heavy atom. The maximum atomic E-state index is 13.2. The number of benzene rings is 2. The normalized spacial score (nSPS) is 12.3. The van der Waals surface area contributed by atoms with Crippen molar-refractivity contribution >= 4 is 11.3 Å². The Bertz CT molecular complexity index is 755. The summed E-state index contributed by atoms with van der Waals surface area (Å²) in [5.74, 6) is -0.248. The Morgan fingerprint density at radius 1 is 1.10 bits per heavy atom. The molecule has 3 aromatic rings. The highest BCUT2D eigenvalue weighted by Crippen LogP contribution is 2.30. The van der Waals surface area contributed by atoms with E-state index in [-0.39, 0.29) is 11.9 Å². The van der Waals surface area contributed by atoms with Crippen LogP contribution in [0.1, 0.15) is 22.2 Å². The number of halogens is 1. The molecule has 0 aliphatic rings. The van der Waals surface area contributed by atoms with E-state index in [0.717, 1.165) is 26.7 Å². The van der Waals surface area contributed by atoms with Crippen LogP contribution in [0.5, 0.6) is 0 Å². The first-order valence-electron chi connectivity index (χ1n) is 6.55. The van der Waals surface area contributed by atoms with E-state index in [1.807, 2.05) is 37.3 Å². The summed E-state index contributed by atoms with van der Waals surface area (Å²) in [6, 6.07) is 14.1. The molecule has 1 unspecified atom stereocenters. The second-order valence-electron chi connectivity index (χ2n) is 4.79. The smallest absolute Gasteiger partial charge is 0.148 e. The zero-order valence-electron chi connectivity index (χ0n) is 11.5. The summed E-state index contributed by atoms with van der Waals surface area (Å²) in [6.45, 7) is 1.86. The minimum absolute atomic E-state index is 0.248. The van der Waals surface area contributed by atoms with Gasteiger partial charge in [-0.2, -0.15) is 0 Å². The molecule has 21 heavy (non-hydrogen) atoms. The number of aromatic nitrogens is 2. The maximum absolute atomic E-state index is 13.2. The fourth-order valence-electron chi connectivity index (χ4n) is 2.14. The summed E-state index contributed by atoms with van der Waals surface area (Å²) in [5, 5.41) is 9.88. The third-order valence-corrected chi connectivity index (χ3v) is 4.32. The Labute approximate surface area is 126 Å². The molecule has 3 nitrogen and oxygen atoms in total. The van der Waals surface area contributed by atoms with Gasteiger partial charge >= 0.3 is 0 Å². The molecule has 1 aromatic heterocycles. The standard InChI is InChI=1S/C16H14FN3S/c1-10-9-12(17)7-8-13(10)15-19-20-16(21-15)14(18)11-5-3-2-4-6-11/h2-9,14H,18H2,1H3. The summed E-state index contributed by atoms with van der Waals surface area (Å²) in [4.78, 5) is 0. The van der Waals surface area contributed by atoms with Crippen LogP contribution in [0.4, 0.5) is 4.39 Å². The van der Waals surface area contributed by atoms with Crippen molar-refractivity contribution in [1.29, 1.82) is 0 Å². The third-order valence-electron chi connectivity index (χ3n) is 3.28. The molecule has 3 rings (SSSR count). The number of rotatable bonds is 3. The lowest BCUT2D eigenvalue weighted by Crippen LogP contribution is -2.11. The molecule has 1 heterocycles. The SMILES string of the molecule is Cc1cc(F)ccc1-c1nnc(C(N)c2ccccc2)s1. The zero-order chi connectivity index (χ0) is 14.8. The molecule has 0 radical (unpaired) electrons. The van der Waals surface area contributed by atoms with E-state index in [0.29, 0.717) is 0 Å². The number of nitrogens with zero attached hydrogens (tertiary/aromatic N) is 2. The molecular weight excluding hydrogens is 285 g/mol. The average molecular weight is 299 g/mol. The summed E-state index contributed by atoms with van der Waals surface area (Å²) >= 11 is 1.44. The highest BCUT2D eigenvalue weighted by molar-refractivity contribution is 7.14. The highest BCUT2D eigenvalue weighted by atomic mass is 32.1. The molecule has 2 N–H and O–H groups in total. The first-order chi connectivity index (χ1) is 10.1.